The summed E-state index contributed by atoms with van der Waals surface area (Å²) in [6.07, 6.45) is 1.83. The van der Waals surface area contributed by atoms with Crippen molar-refractivity contribution in [2.24, 2.45) is 0 Å². The lowest BCUT2D eigenvalue weighted by molar-refractivity contribution is -0.384. The molecule has 1 aromatic rings. The summed E-state index contributed by atoms with van der Waals surface area (Å²) in [5, 5.41) is 23.0. The van der Waals surface area contributed by atoms with Gasteiger partial charge in [0.05, 0.1) is 11.5 Å². The largest absolute Gasteiger partial charge is 0.480 e. The van der Waals surface area contributed by atoms with Gasteiger partial charge in [0, 0.05) is 30.8 Å². The molecule has 0 bridgehead atoms. The number of hydrogen-bond acceptors (Lipinski definition) is 5. The lowest BCUT2D eigenvalue weighted by Crippen LogP contribution is -2.53. The quantitative estimate of drug-likeness (QED) is 0.560. The molecule has 0 saturated heterocycles. The summed E-state index contributed by atoms with van der Waals surface area (Å²) in [5.41, 5.74) is 0.986. The number of nitro groups is 1. The molecule has 0 radical (unpaired) electrons. The number of rotatable bonds is 8. The molecular weight excluding hydrogens is 286 g/mol. The summed E-state index contributed by atoms with van der Waals surface area (Å²) in [4.78, 5) is 23.1. The zero-order valence-electron chi connectivity index (χ0n) is 12.6. The minimum Gasteiger partial charge on any atom is -0.480 e. The Hall–Kier alpha value is -1.99. The van der Waals surface area contributed by atoms with Gasteiger partial charge in [-0.3, -0.25) is 19.8 Å². The zero-order chi connectivity index (χ0) is 16.1. The van der Waals surface area contributed by atoms with Crippen LogP contribution in [0, 0.1) is 10.1 Å². The fourth-order valence-corrected chi connectivity index (χ4v) is 2.77. The number of hydrogen-bond donors (Lipinski definition) is 2. The lowest BCUT2D eigenvalue weighted by atomic mass is 9.85. The van der Waals surface area contributed by atoms with E-state index in [0.717, 1.165) is 24.9 Å². The molecule has 1 fully saturated rings. The molecule has 1 aromatic carbocycles. The van der Waals surface area contributed by atoms with Crippen molar-refractivity contribution in [2.45, 2.75) is 38.4 Å². The SMILES string of the molecule is CCN(CC(=O)O)C1CC(NCc2cccc([N+](=O)[O-])c2)C1. The number of non-ortho nitro benzene ring substituents is 1. The first-order valence-electron chi connectivity index (χ1n) is 7.42. The van der Waals surface area contributed by atoms with Gasteiger partial charge in [0.2, 0.25) is 0 Å². The summed E-state index contributed by atoms with van der Waals surface area (Å²) in [6, 6.07) is 7.25. The van der Waals surface area contributed by atoms with Gasteiger partial charge in [-0.1, -0.05) is 19.1 Å². The van der Waals surface area contributed by atoms with E-state index in [1.807, 2.05) is 17.9 Å². The number of nitrogens with one attached hydrogen (secondary N) is 1. The van der Waals surface area contributed by atoms with Crippen molar-refractivity contribution in [3.05, 3.63) is 39.9 Å². The third-order valence-electron chi connectivity index (χ3n) is 4.09. The standard InChI is InChI=1S/C15H21N3O4/c1-2-17(10-15(19)20)14-7-12(8-14)16-9-11-4-3-5-13(6-11)18(21)22/h3-6,12,14,16H,2,7-10H2,1H3,(H,19,20). The van der Waals surface area contributed by atoms with E-state index < -0.39 is 10.9 Å². The van der Waals surface area contributed by atoms with Crippen LogP contribution >= 0.6 is 0 Å². The third-order valence-corrected chi connectivity index (χ3v) is 4.09. The maximum atomic E-state index is 10.8. The maximum Gasteiger partial charge on any atom is 0.317 e. The molecule has 2 rings (SSSR count). The molecule has 2 N–H and O–H groups in total. The van der Waals surface area contributed by atoms with E-state index in [-0.39, 0.29) is 12.2 Å². The molecule has 0 atom stereocenters. The van der Waals surface area contributed by atoms with Gasteiger partial charge in [-0.2, -0.15) is 0 Å². The first kappa shape index (κ1) is 16.4. The Balaban J connectivity index is 1.77. The van der Waals surface area contributed by atoms with Crippen molar-refractivity contribution < 1.29 is 14.8 Å². The van der Waals surface area contributed by atoms with Gasteiger partial charge in [0.15, 0.2) is 0 Å². The Labute approximate surface area is 129 Å². The van der Waals surface area contributed by atoms with E-state index in [1.165, 1.54) is 6.07 Å². The molecule has 0 heterocycles. The van der Waals surface area contributed by atoms with Crippen molar-refractivity contribution >= 4 is 11.7 Å². The van der Waals surface area contributed by atoms with E-state index in [4.69, 9.17) is 5.11 Å². The minimum absolute atomic E-state index is 0.0821. The highest BCUT2D eigenvalue weighted by Crippen LogP contribution is 2.26. The van der Waals surface area contributed by atoms with E-state index in [9.17, 15) is 14.9 Å². The van der Waals surface area contributed by atoms with Crippen molar-refractivity contribution in [1.82, 2.24) is 10.2 Å². The molecule has 1 aliphatic rings. The van der Waals surface area contributed by atoms with Gasteiger partial charge in [0.1, 0.15) is 0 Å². The second kappa shape index (κ2) is 7.33. The summed E-state index contributed by atoms with van der Waals surface area (Å²) < 4.78 is 0. The molecule has 7 heteroatoms. The molecule has 0 aromatic heterocycles. The van der Waals surface area contributed by atoms with Gasteiger partial charge in [-0.05, 0) is 24.9 Å². The van der Waals surface area contributed by atoms with Crippen LogP contribution in [0.25, 0.3) is 0 Å². The fraction of sp³-hybridized carbons (Fsp3) is 0.533. The number of nitro benzene ring substituents is 1. The van der Waals surface area contributed by atoms with Crippen LogP contribution in [0.15, 0.2) is 24.3 Å². The molecular formula is C15H21N3O4. The molecule has 1 saturated carbocycles. The van der Waals surface area contributed by atoms with Gasteiger partial charge in [0.25, 0.3) is 5.69 Å². The highest BCUT2D eigenvalue weighted by molar-refractivity contribution is 5.69. The average molecular weight is 307 g/mol. The zero-order valence-corrected chi connectivity index (χ0v) is 12.6. The molecule has 1 aliphatic carbocycles. The van der Waals surface area contributed by atoms with Gasteiger partial charge in [-0.15, -0.1) is 0 Å². The lowest BCUT2D eigenvalue weighted by Gasteiger charge is -2.42. The minimum atomic E-state index is -0.796. The van der Waals surface area contributed by atoms with E-state index in [1.54, 1.807) is 12.1 Å². The number of carboxylic acids is 1. The topological polar surface area (TPSA) is 95.7 Å². The highest BCUT2D eigenvalue weighted by Gasteiger charge is 2.33. The Kier molecular flexibility index (Phi) is 5.46. The summed E-state index contributed by atoms with van der Waals surface area (Å²) in [5.74, 6) is -0.796. The predicted octanol–water partition coefficient (Wildman–Crippen LogP) is 1.62. The van der Waals surface area contributed by atoms with Crippen LogP contribution in [0.1, 0.15) is 25.3 Å². The third kappa shape index (κ3) is 4.25. The van der Waals surface area contributed by atoms with Crippen LogP contribution in [0.2, 0.25) is 0 Å². The van der Waals surface area contributed by atoms with Gasteiger partial charge in [-0.25, -0.2) is 0 Å². The Bertz CT molecular complexity index is 543. The number of aliphatic carboxylic acids is 1. The number of carbonyl (C=O) groups is 1. The van der Waals surface area contributed by atoms with Gasteiger partial charge < -0.3 is 10.4 Å². The molecule has 120 valence electrons. The predicted molar refractivity (Wildman–Crippen MR) is 81.6 cm³/mol. The van der Waals surface area contributed by atoms with Crippen LogP contribution in [-0.4, -0.2) is 46.1 Å². The summed E-state index contributed by atoms with van der Waals surface area (Å²) >= 11 is 0. The first-order valence-corrected chi connectivity index (χ1v) is 7.42. The van der Waals surface area contributed by atoms with Crippen molar-refractivity contribution in [2.75, 3.05) is 13.1 Å². The maximum absolute atomic E-state index is 10.8. The molecule has 0 amide bonds. The number of carboxylic acid groups (broad SMARTS) is 1. The van der Waals surface area contributed by atoms with Crippen LogP contribution in [0.3, 0.4) is 0 Å². The molecule has 7 nitrogen and oxygen atoms in total. The smallest absolute Gasteiger partial charge is 0.317 e. The van der Waals surface area contributed by atoms with Crippen molar-refractivity contribution in [1.29, 1.82) is 0 Å². The van der Waals surface area contributed by atoms with Crippen molar-refractivity contribution in [3.8, 4) is 0 Å². The number of nitrogens with zero attached hydrogens (tertiary/aromatic N) is 2. The Morgan fingerprint density at radius 2 is 2.23 bits per heavy atom. The second-order valence-electron chi connectivity index (χ2n) is 5.59. The molecule has 0 unspecified atom stereocenters. The summed E-state index contributed by atoms with van der Waals surface area (Å²) in [7, 11) is 0. The van der Waals surface area contributed by atoms with Crippen LogP contribution in [-0.2, 0) is 11.3 Å². The number of benzene rings is 1. The monoisotopic (exact) mass is 307 g/mol. The second-order valence-corrected chi connectivity index (χ2v) is 5.59. The number of likely N-dealkylation sites (N-methyl/N-ethyl adjacent to an activating group) is 1. The Morgan fingerprint density at radius 1 is 1.50 bits per heavy atom. The Morgan fingerprint density at radius 3 is 2.82 bits per heavy atom. The fourth-order valence-electron chi connectivity index (χ4n) is 2.77. The molecule has 22 heavy (non-hydrogen) atoms. The van der Waals surface area contributed by atoms with E-state index in [0.29, 0.717) is 18.6 Å². The average Bonchev–Trinajstić information content (AvgIpc) is 2.44. The van der Waals surface area contributed by atoms with Crippen molar-refractivity contribution in [3.63, 3.8) is 0 Å². The summed E-state index contributed by atoms with van der Waals surface area (Å²) in [6.45, 7) is 3.37. The first-order chi connectivity index (χ1) is 10.5. The molecule has 0 spiro atoms. The molecule has 0 aliphatic heterocycles. The van der Waals surface area contributed by atoms with E-state index in [2.05, 4.69) is 5.32 Å². The highest BCUT2D eigenvalue weighted by atomic mass is 16.6. The van der Waals surface area contributed by atoms with Gasteiger partial charge >= 0.3 is 5.97 Å². The van der Waals surface area contributed by atoms with Crippen LogP contribution in [0.5, 0.6) is 0 Å². The van der Waals surface area contributed by atoms with Crippen LogP contribution in [0.4, 0.5) is 5.69 Å². The van der Waals surface area contributed by atoms with Crippen LogP contribution < -0.4 is 5.32 Å². The van der Waals surface area contributed by atoms with E-state index >= 15 is 0 Å². The normalized spacial score (nSPS) is 20.6.